The van der Waals surface area contributed by atoms with Gasteiger partial charge in [0, 0.05) is 18.2 Å². The first-order valence-electron chi connectivity index (χ1n) is 13.0. The number of aromatic amines is 1. The van der Waals surface area contributed by atoms with E-state index in [1.165, 1.54) is 24.4 Å². The average molecular weight is 556 g/mol. The van der Waals surface area contributed by atoms with E-state index >= 15 is 0 Å². The van der Waals surface area contributed by atoms with Crippen LogP contribution in [0.2, 0.25) is 0 Å². The summed E-state index contributed by atoms with van der Waals surface area (Å²) in [4.78, 5) is 35.6. The van der Waals surface area contributed by atoms with Crippen molar-refractivity contribution in [2.75, 3.05) is 6.54 Å². The van der Waals surface area contributed by atoms with Gasteiger partial charge in [0.25, 0.3) is 0 Å². The van der Waals surface area contributed by atoms with Crippen molar-refractivity contribution in [3.8, 4) is 11.3 Å². The second-order valence-electron chi connectivity index (χ2n) is 10.0. The summed E-state index contributed by atoms with van der Waals surface area (Å²) in [5, 5.41) is 2.75. The molecule has 1 aliphatic rings. The number of nitrogens with zero attached hydrogens (tertiary/aromatic N) is 2. The summed E-state index contributed by atoms with van der Waals surface area (Å²) < 4.78 is 43.0. The highest BCUT2D eigenvalue weighted by molar-refractivity contribution is 7.89. The predicted octanol–water partition coefficient (Wildman–Crippen LogP) is 3.84. The molecule has 0 saturated carbocycles. The minimum atomic E-state index is -4.08. The number of piperidine rings is 1. The maximum atomic E-state index is 14.4. The Balaban J connectivity index is 1.53. The van der Waals surface area contributed by atoms with Crippen molar-refractivity contribution in [1.29, 1.82) is 0 Å². The molecule has 1 saturated heterocycles. The van der Waals surface area contributed by atoms with Crippen LogP contribution in [0.1, 0.15) is 57.0 Å². The lowest BCUT2D eigenvalue weighted by atomic mass is 10.0. The smallest absolute Gasteiger partial charge is 0.241 e. The summed E-state index contributed by atoms with van der Waals surface area (Å²) in [6.07, 6.45) is 3.89. The van der Waals surface area contributed by atoms with Gasteiger partial charge in [0.05, 0.1) is 29.2 Å². The van der Waals surface area contributed by atoms with Crippen LogP contribution in [0.5, 0.6) is 0 Å². The van der Waals surface area contributed by atoms with Crippen LogP contribution in [0.25, 0.3) is 11.3 Å². The number of hydrogen-bond donors (Lipinski definition) is 3. The van der Waals surface area contributed by atoms with Gasteiger partial charge in [0.15, 0.2) is 0 Å². The number of hydrogen-bond acceptors (Lipinski definition) is 5. The number of aromatic nitrogens is 2. The molecule has 0 aliphatic carbocycles. The first kappa shape index (κ1) is 28.4. The number of imidazole rings is 1. The molecule has 0 bridgehead atoms. The molecule has 3 N–H and O–H groups in total. The molecule has 3 aromatic rings. The maximum Gasteiger partial charge on any atom is 0.241 e. The monoisotopic (exact) mass is 555 g/mol. The molecule has 0 unspecified atom stereocenters. The molecule has 3 atom stereocenters. The molecule has 1 aliphatic heterocycles. The molecule has 11 heteroatoms. The Bertz CT molecular complexity index is 1430. The third-order valence-electron chi connectivity index (χ3n) is 6.95. The molecule has 0 spiro atoms. The van der Waals surface area contributed by atoms with Gasteiger partial charge in [-0.1, -0.05) is 24.3 Å². The summed E-state index contributed by atoms with van der Waals surface area (Å²) in [6.45, 7) is 5.99. The lowest BCUT2D eigenvalue weighted by Gasteiger charge is -2.34. The highest BCUT2D eigenvalue weighted by Gasteiger charge is 2.32. The van der Waals surface area contributed by atoms with Gasteiger partial charge in [0.2, 0.25) is 21.8 Å². The summed E-state index contributed by atoms with van der Waals surface area (Å²) in [6, 6.07) is 10.5. The zero-order chi connectivity index (χ0) is 28.2. The molecular weight excluding hydrogens is 521 g/mol. The van der Waals surface area contributed by atoms with Gasteiger partial charge in [-0.2, -0.15) is 4.72 Å². The zero-order valence-corrected chi connectivity index (χ0v) is 23.1. The lowest BCUT2D eigenvalue weighted by molar-refractivity contribution is -0.137. The number of amides is 2. The fraction of sp³-hybridized carbons (Fsp3) is 0.393. The highest BCUT2D eigenvalue weighted by Crippen LogP contribution is 2.24. The van der Waals surface area contributed by atoms with E-state index in [-0.39, 0.29) is 23.3 Å². The molecule has 0 radical (unpaired) electrons. The van der Waals surface area contributed by atoms with Gasteiger partial charge < -0.3 is 15.2 Å². The van der Waals surface area contributed by atoms with Crippen molar-refractivity contribution in [1.82, 2.24) is 24.9 Å². The lowest BCUT2D eigenvalue weighted by Crippen LogP contribution is -2.51. The molecule has 1 fully saturated rings. The normalized spacial score (nSPS) is 17.4. The van der Waals surface area contributed by atoms with Crippen molar-refractivity contribution in [3.05, 3.63) is 71.9 Å². The molecule has 1 aromatic heterocycles. The molecule has 2 heterocycles. The van der Waals surface area contributed by atoms with Crippen LogP contribution in [0, 0.1) is 12.7 Å². The van der Waals surface area contributed by atoms with Crippen molar-refractivity contribution in [3.63, 3.8) is 0 Å². The minimum Gasteiger partial charge on any atom is -0.345 e. The van der Waals surface area contributed by atoms with Gasteiger partial charge in [-0.3, -0.25) is 9.59 Å². The number of nitrogens with one attached hydrogen (secondary N) is 3. The molecule has 2 amide bonds. The Morgan fingerprint density at radius 2 is 1.92 bits per heavy atom. The quantitative estimate of drug-likeness (QED) is 0.370. The van der Waals surface area contributed by atoms with E-state index in [1.807, 2.05) is 6.92 Å². The highest BCUT2D eigenvalue weighted by atomic mass is 32.2. The van der Waals surface area contributed by atoms with E-state index < -0.39 is 33.8 Å². The Kier molecular flexibility index (Phi) is 8.81. The molecular formula is C28H34FN5O4S. The topological polar surface area (TPSA) is 124 Å². The fourth-order valence-electron chi connectivity index (χ4n) is 4.72. The van der Waals surface area contributed by atoms with Crippen LogP contribution in [0.3, 0.4) is 0 Å². The van der Waals surface area contributed by atoms with E-state index in [4.69, 9.17) is 0 Å². The largest absolute Gasteiger partial charge is 0.345 e. The summed E-state index contributed by atoms with van der Waals surface area (Å²) >= 11 is 0. The van der Waals surface area contributed by atoms with Crippen LogP contribution in [0.15, 0.2) is 59.6 Å². The van der Waals surface area contributed by atoms with Gasteiger partial charge in [-0.25, -0.2) is 17.8 Å². The number of sulfonamides is 1. The maximum absolute atomic E-state index is 14.4. The second-order valence-corrected chi connectivity index (χ2v) is 11.7. The number of likely N-dealkylation sites (tertiary alicyclic amines) is 1. The molecule has 39 heavy (non-hydrogen) atoms. The Morgan fingerprint density at radius 3 is 2.62 bits per heavy atom. The molecule has 2 aromatic carbocycles. The van der Waals surface area contributed by atoms with Crippen LogP contribution < -0.4 is 10.0 Å². The number of rotatable bonds is 9. The molecule has 208 valence electrons. The van der Waals surface area contributed by atoms with Crippen molar-refractivity contribution >= 4 is 21.8 Å². The Labute approximate surface area is 228 Å². The van der Waals surface area contributed by atoms with E-state index in [0.717, 1.165) is 24.8 Å². The van der Waals surface area contributed by atoms with Gasteiger partial charge >= 0.3 is 0 Å². The first-order chi connectivity index (χ1) is 18.5. The number of carbonyl (C=O) groups excluding carboxylic acids is 2. The summed E-state index contributed by atoms with van der Waals surface area (Å²) in [5.41, 5.74) is 1.57. The second kappa shape index (κ2) is 12.1. The SMILES string of the molecule is Cc1ccc(-c2cnc([C@H](C)NC(=O)[C@H](CC(=O)N3CCCC[C@@H]3C)NS(=O)(=O)c3ccccc3)[nH]2)c(F)c1. The molecule has 9 nitrogen and oxygen atoms in total. The van der Waals surface area contributed by atoms with Gasteiger partial charge in [-0.05, 0) is 69.9 Å². The third kappa shape index (κ3) is 6.90. The number of H-pyrrole nitrogens is 1. The van der Waals surface area contributed by atoms with Crippen LogP contribution in [-0.4, -0.2) is 53.7 Å². The van der Waals surface area contributed by atoms with Crippen LogP contribution in [-0.2, 0) is 19.6 Å². The first-order valence-corrected chi connectivity index (χ1v) is 14.5. The zero-order valence-electron chi connectivity index (χ0n) is 22.3. The number of carbonyl (C=O) groups is 2. The molecule has 4 rings (SSSR count). The Morgan fingerprint density at radius 1 is 1.18 bits per heavy atom. The number of aryl methyl sites for hydroxylation is 1. The van der Waals surface area contributed by atoms with E-state index in [2.05, 4.69) is 20.0 Å². The van der Waals surface area contributed by atoms with Crippen molar-refractivity contribution < 1.29 is 22.4 Å². The van der Waals surface area contributed by atoms with Gasteiger partial charge in [0.1, 0.15) is 17.7 Å². The summed E-state index contributed by atoms with van der Waals surface area (Å²) in [5.74, 6) is -0.998. The minimum absolute atomic E-state index is 0.00885. The summed E-state index contributed by atoms with van der Waals surface area (Å²) in [7, 11) is -4.08. The van der Waals surface area contributed by atoms with E-state index in [9.17, 15) is 22.4 Å². The number of benzene rings is 2. The van der Waals surface area contributed by atoms with Crippen molar-refractivity contribution in [2.24, 2.45) is 0 Å². The standard InChI is InChI=1S/C28H34FN5O4S/c1-18-12-13-22(23(29)15-18)25-17-30-27(32-25)20(3)31-28(36)24(16-26(35)34-14-8-7-9-19(34)2)33-39(37,38)21-10-5-4-6-11-21/h4-6,10-13,15,17,19-20,24,33H,7-9,14,16H2,1-3H3,(H,30,32)(H,31,36)/t19-,20-,24-/m0/s1. The van der Waals surface area contributed by atoms with Crippen LogP contribution >= 0.6 is 0 Å². The fourth-order valence-corrected chi connectivity index (χ4v) is 5.93. The van der Waals surface area contributed by atoms with Crippen molar-refractivity contribution in [2.45, 2.75) is 69.5 Å². The predicted molar refractivity (Wildman–Crippen MR) is 145 cm³/mol. The van der Waals surface area contributed by atoms with E-state index in [0.29, 0.717) is 23.6 Å². The van der Waals surface area contributed by atoms with Crippen LogP contribution in [0.4, 0.5) is 4.39 Å². The Hall–Kier alpha value is -3.57. The van der Waals surface area contributed by atoms with E-state index in [1.54, 1.807) is 49.1 Å². The number of halogens is 1. The van der Waals surface area contributed by atoms with Gasteiger partial charge in [-0.15, -0.1) is 0 Å². The third-order valence-corrected chi connectivity index (χ3v) is 8.44. The average Bonchev–Trinajstić information content (AvgIpc) is 3.39.